The third-order valence-electron chi connectivity index (χ3n) is 4.38. The molecule has 2 heterocycles. The predicted octanol–water partition coefficient (Wildman–Crippen LogP) is 4.15. The van der Waals surface area contributed by atoms with Gasteiger partial charge in [-0.05, 0) is 44.7 Å². The number of aryl methyl sites for hydroxylation is 1. The zero-order chi connectivity index (χ0) is 16.9. The van der Waals surface area contributed by atoms with E-state index in [9.17, 15) is 4.79 Å². The lowest BCUT2D eigenvalue weighted by molar-refractivity contribution is 0.00709. The first-order valence-corrected chi connectivity index (χ1v) is 9.41. The Bertz CT molecular complexity index is 692. The Kier molecular flexibility index (Phi) is 5.63. The van der Waals surface area contributed by atoms with Crippen LogP contribution in [-0.4, -0.2) is 42.1 Å². The predicted molar refractivity (Wildman–Crippen MR) is 97.5 cm³/mol. The SMILES string of the molecule is Cc1csc(-c2cccc(C(=O)N(C)CCC3CCCCO3)c2)n1. The van der Waals surface area contributed by atoms with Crippen LogP contribution in [0.4, 0.5) is 0 Å². The van der Waals surface area contributed by atoms with Gasteiger partial charge in [-0.25, -0.2) is 4.98 Å². The fraction of sp³-hybridized carbons (Fsp3) is 0.474. The zero-order valence-corrected chi connectivity index (χ0v) is 15.1. The molecule has 0 N–H and O–H groups in total. The topological polar surface area (TPSA) is 42.4 Å². The summed E-state index contributed by atoms with van der Waals surface area (Å²) in [5.41, 5.74) is 2.73. The summed E-state index contributed by atoms with van der Waals surface area (Å²) in [6.45, 7) is 3.57. The molecule has 1 saturated heterocycles. The van der Waals surface area contributed by atoms with Gasteiger partial charge in [-0.15, -0.1) is 11.3 Å². The largest absolute Gasteiger partial charge is 0.378 e. The molecule has 24 heavy (non-hydrogen) atoms. The van der Waals surface area contributed by atoms with E-state index in [0.29, 0.717) is 11.7 Å². The van der Waals surface area contributed by atoms with Gasteiger partial charge in [-0.3, -0.25) is 4.79 Å². The van der Waals surface area contributed by atoms with Gasteiger partial charge in [-0.2, -0.15) is 0 Å². The van der Waals surface area contributed by atoms with Crippen molar-refractivity contribution in [2.24, 2.45) is 0 Å². The van der Waals surface area contributed by atoms with Crippen LogP contribution in [0, 0.1) is 6.92 Å². The Balaban J connectivity index is 1.63. The van der Waals surface area contributed by atoms with E-state index in [1.165, 1.54) is 6.42 Å². The number of ether oxygens (including phenoxy) is 1. The third-order valence-corrected chi connectivity index (χ3v) is 5.39. The van der Waals surface area contributed by atoms with Crippen LogP contribution in [0.25, 0.3) is 10.6 Å². The minimum Gasteiger partial charge on any atom is -0.378 e. The zero-order valence-electron chi connectivity index (χ0n) is 14.3. The summed E-state index contributed by atoms with van der Waals surface area (Å²) in [6, 6.07) is 7.75. The number of carbonyl (C=O) groups excluding carboxylic acids is 1. The minimum atomic E-state index is 0.0564. The molecule has 0 bridgehead atoms. The Hall–Kier alpha value is -1.72. The molecular formula is C19H24N2O2S. The standard InChI is InChI=1S/C19H24N2O2S/c1-14-13-24-18(20-14)15-6-5-7-16(12-15)19(22)21(2)10-9-17-8-3-4-11-23-17/h5-7,12-13,17H,3-4,8-11H2,1-2H3. The number of hydrogen-bond donors (Lipinski definition) is 0. The van der Waals surface area contributed by atoms with E-state index in [0.717, 1.165) is 48.7 Å². The lowest BCUT2D eigenvalue weighted by Crippen LogP contribution is -2.31. The molecule has 3 rings (SSSR count). The minimum absolute atomic E-state index is 0.0564. The smallest absolute Gasteiger partial charge is 0.253 e. The summed E-state index contributed by atoms with van der Waals surface area (Å²) in [5.74, 6) is 0.0564. The first-order chi connectivity index (χ1) is 11.6. The van der Waals surface area contributed by atoms with E-state index in [1.54, 1.807) is 16.2 Å². The molecule has 1 atom stereocenters. The van der Waals surface area contributed by atoms with Crippen LogP contribution >= 0.6 is 11.3 Å². The maximum absolute atomic E-state index is 12.7. The van der Waals surface area contributed by atoms with Crippen LogP contribution in [0.2, 0.25) is 0 Å². The molecular weight excluding hydrogens is 320 g/mol. The van der Waals surface area contributed by atoms with Gasteiger partial charge in [0, 0.05) is 42.4 Å². The molecule has 4 nitrogen and oxygen atoms in total. The second-order valence-electron chi connectivity index (χ2n) is 6.38. The molecule has 0 saturated carbocycles. The fourth-order valence-corrected chi connectivity index (χ4v) is 3.76. The summed E-state index contributed by atoms with van der Waals surface area (Å²) in [7, 11) is 1.87. The van der Waals surface area contributed by atoms with Gasteiger partial charge in [-0.1, -0.05) is 12.1 Å². The number of aromatic nitrogens is 1. The number of thiazole rings is 1. The van der Waals surface area contributed by atoms with Crippen molar-refractivity contribution in [2.45, 2.75) is 38.7 Å². The van der Waals surface area contributed by atoms with Crippen LogP contribution < -0.4 is 0 Å². The molecule has 1 fully saturated rings. The Morgan fingerprint density at radius 1 is 1.42 bits per heavy atom. The lowest BCUT2D eigenvalue weighted by atomic mass is 10.1. The average molecular weight is 344 g/mol. The highest BCUT2D eigenvalue weighted by Gasteiger charge is 2.17. The number of hydrogen-bond acceptors (Lipinski definition) is 4. The second-order valence-corrected chi connectivity index (χ2v) is 7.24. The highest BCUT2D eigenvalue weighted by molar-refractivity contribution is 7.13. The quantitative estimate of drug-likeness (QED) is 0.818. The Morgan fingerprint density at radius 2 is 2.29 bits per heavy atom. The summed E-state index contributed by atoms with van der Waals surface area (Å²) in [6.07, 6.45) is 4.72. The molecule has 5 heteroatoms. The maximum Gasteiger partial charge on any atom is 0.253 e. The van der Waals surface area contributed by atoms with E-state index < -0.39 is 0 Å². The highest BCUT2D eigenvalue weighted by Crippen LogP contribution is 2.24. The van der Waals surface area contributed by atoms with Crippen LogP contribution in [-0.2, 0) is 4.74 Å². The first kappa shape index (κ1) is 17.1. The van der Waals surface area contributed by atoms with E-state index in [4.69, 9.17) is 4.74 Å². The molecule has 1 aliphatic heterocycles. The van der Waals surface area contributed by atoms with Gasteiger partial charge in [0.2, 0.25) is 0 Å². The second kappa shape index (κ2) is 7.90. The third kappa shape index (κ3) is 4.22. The van der Waals surface area contributed by atoms with Crippen molar-refractivity contribution in [3.8, 4) is 10.6 Å². The van der Waals surface area contributed by atoms with Crippen molar-refractivity contribution in [2.75, 3.05) is 20.2 Å². The Morgan fingerprint density at radius 3 is 3.00 bits per heavy atom. The summed E-state index contributed by atoms with van der Waals surface area (Å²) < 4.78 is 5.75. The van der Waals surface area contributed by atoms with Gasteiger partial charge < -0.3 is 9.64 Å². The van der Waals surface area contributed by atoms with E-state index in [2.05, 4.69) is 4.98 Å². The van der Waals surface area contributed by atoms with Gasteiger partial charge in [0.25, 0.3) is 5.91 Å². The lowest BCUT2D eigenvalue weighted by Gasteiger charge is -2.25. The average Bonchev–Trinajstić information content (AvgIpc) is 3.06. The van der Waals surface area contributed by atoms with Crippen LogP contribution in [0.15, 0.2) is 29.6 Å². The van der Waals surface area contributed by atoms with Gasteiger partial charge >= 0.3 is 0 Å². The molecule has 1 amide bonds. The fourth-order valence-electron chi connectivity index (χ4n) is 2.97. The molecule has 128 valence electrons. The number of carbonyl (C=O) groups is 1. The molecule has 1 unspecified atom stereocenters. The first-order valence-electron chi connectivity index (χ1n) is 8.53. The van der Waals surface area contributed by atoms with Crippen molar-refractivity contribution >= 4 is 17.2 Å². The summed E-state index contributed by atoms with van der Waals surface area (Å²) in [5, 5.41) is 2.99. The van der Waals surface area contributed by atoms with Gasteiger partial charge in [0.05, 0.1) is 6.10 Å². The number of nitrogens with zero attached hydrogens (tertiary/aromatic N) is 2. The number of amides is 1. The van der Waals surface area contributed by atoms with E-state index in [-0.39, 0.29) is 5.91 Å². The summed E-state index contributed by atoms with van der Waals surface area (Å²) >= 11 is 1.61. The molecule has 0 radical (unpaired) electrons. The van der Waals surface area contributed by atoms with Crippen LogP contribution in [0.1, 0.15) is 41.7 Å². The Labute approximate surface area is 147 Å². The maximum atomic E-state index is 12.7. The highest BCUT2D eigenvalue weighted by atomic mass is 32.1. The number of rotatable bonds is 5. The molecule has 0 spiro atoms. The van der Waals surface area contributed by atoms with Gasteiger partial charge in [0.1, 0.15) is 5.01 Å². The van der Waals surface area contributed by atoms with Crippen molar-refractivity contribution in [1.29, 1.82) is 0 Å². The normalized spacial score (nSPS) is 17.7. The molecule has 1 aromatic carbocycles. The number of benzene rings is 1. The van der Waals surface area contributed by atoms with Crippen LogP contribution in [0.3, 0.4) is 0 Å². The van der Waals surface area contributed by atoms with Crippen molar-refractivity contribution < 1.29 is 9.53 Å². The van der Waals surface area contributed by atoms with Crippen molar-refractivity contribution in [3.63, 3.8) is 0 Å². The molecule has 0 aliphatic carbocycles. The van der Waals surface area contributed by atoms with Crippen molar-refractivity contribution in [1.82, 2.24) is 9.88 Å². The molecule has 2 aromatic rings. The molecule has 1 aliphatic rings. The van der Waals surface area contributed by atoms with E-state index >= 15 is 0 Å². The van der Waals surface area contributed by atoms with Crippen molar-refractivity contribution in [3.05, 3.63) is 40.9 Å². The monoisotopic (exact) mass is 344 g/mol. The van der Waals surface area contributed by atoms with E-state index in [1.807, 2.05) is 43.6 Å². The van der Waals surface area contributed by atoms with Crippen LogP contribution in [0.5, 0.6) is 0 Å². The summed E-state index contributed by atoms with van der Waals surface area (Å²) in [4.78, 5) is 19.0. The molecule has 1 aromatic heterocycles. The van der Waals surface area contributed by atoms with Gasteiger partial charge in [0.15, 0.2) is 0 Å².